The maximum atomic E-state index is 6.89. The number of rotatable bonds is 0. The Morgan fingerprint density at radius 2 is 1.31 bits per heavy atom. The average Bonchev–Trinajstić information content (AvgIpc) is 3.10. The number of hydrogen-bond acceptors (Lipinski definition) is 1. The van der Waals surface area contributed by atoms with E-state index in [1.54, 1.807) is 0 Å². The number of aryl methyl sites for hydroxylation is 3. The third-order valence-electron chi connectivity index (χ3n) is 9.38. The van der Waals surface area contributed by atoms with Gasteiger partial charge in [-0.2, -0.15) is 9.13 Å². The van der Waals surface area contributed by atoms with Crippen molar-refractivity contribution in [3.63, 3.8) is 0 Å². The first-order valence-corrected chi connectivity index (χ1v) is 15.9. The Morgan fingerprint density at radius 1 is 0.600 bits per heavy atom. The van der Waals surface area contributed by atoms with Crippen LogP contribution in [0.1, 0.15) is 48.6 Å². The van der Waals surface area contributed by atoms with Gasteiger partial charge in [-0.05, 0) is 79.3 Å². The molecule has 0 saturated heterocycles. The van der Waals surface area contributed by atoms with Gasteiger partial charge in [0.05, 0.1) is 5.56 Å². The zero-order valence-corrected chi connectivity index (χ0v) is 26.9. The molecule has 3 heteroatoms. The average molecular weight is 587 g/mol. The van der Waals surface area contributed by atoms with Gasteiger partial charge < -0.3 is 4.74 Å². The highest BCUT2D eigenvalue weighted by atomic mass is 16.5. The number of para-hydroxylation sites is 1. The van der Waals surface area contributed by atoms with Gasteiger partial charge in [-0.15, -0.1) is 0 Å². The zero-order valence-electron chi connectivity index (χ0n) is 26.9. The third-order valence-corrected chi connectivity index (χ3v) is 9.38. The van der Waals surface area contributed by atoms with E-state index in [-0.39, 0.29) is 5.41 Å². The van der Waals surface area contributed by atoms with Crippen molar-refractivity contribution in [2.45, 2.75) is 53.5 Å². The molecule has 0 saturated carbocycles. The zero-order chi connectivity index (χ0) is 31.0. The molecule has 0 radical (unpaired) electrons. The van der Waals surface area contributed by atoms with Gasteiger partial charge >= 0.3 is 0 Å². The van der Waals surface area contributed by atoms with Crippen LogP contribution >= 0.6 is 0 Å². The van der Waals surface area contributed by atoms with Crippen LogP contribution in [0.4, 0.5) is 0 Å². The van der Waals surface area contributed by atoms with Crippen LogP contribution in [0.2, 0.25) is 0 Å². The summed E-state index contributed by atoms with van der Waals surface area (Å²) in [5.41, 5.74) is 16.9. The second kappa shape index (κ2) is 10.0. The number of nitrogens with zero attached hydrogens (tertiary/aromatic N) is 2. The largest absolute Gasteiger partial charge is 0.456 e. The van der Waals surface area contributed by atoms with Crippen molar-refractivity contribution < 1.29 is 13.9 Å². The molecule has 4 heterocycles. The fourth-order valence-corrected chi connectivity index (χ4v) is 7.20. The van der Waals surface area contributed by atoms with Crippen molar-refractivity contribution in [3.8, 4) is 62.0 Å². The van der Waals surface area contributed by atoms with Crippen LogP contribution in [0.5, 0.6) is 11.5 Å². The van der Waals surface area contributed by atoms with Crippen LogP contribution in [0.25, 0.3) is 50.5 Å². The van der Waals surface area contributed by atoms with Crippen molar-refractivity contribution in [2.75, 3.05) is 0 Å². The molecule has 0 aliphatic carbocycles. The van der Waals surface area contributed by atoms with Gasteiger partial charge in [0.2, 0.25) is 17.1 Å². The second-order valence-corrected chi connectivity index (χ2v) is 13.8. The first-order chi connectivity index (χ1) is 21.7. The van der Waals surface area contributed by atoms with Crippen molar-refractivity contribution in [1.29, 1.82) is 0 Å². The predicted molar refractivity (Wildman–Crippen MR) is 182 cm³/mol. The van der Waals surface area contributed by atoms with E-state index >= 15 is 0 Å². The molecular weight excluding hydrogens is 548 g/mol. The van der Waals surface area contributed by atoms with Crippen LogP contribution in [0.3, 0.4) is 0 Å². The van der Waals surface area contributed by atoms with Gasteiger partial charge in [-0.1, -0.05) is 69.3 Å². The lowest BCUT2D eigenvalue weighted by Gasteiger charge is -2.19. The smallest absolute Gasteiger partial charge is 0.225 e. The van der Waals surface area contributed by atoms with Crippen LogP contribution in [0, 0.1) is 20.8 Å². The highest BCUT2D eigenvalue weighted by molar-refractivity contribution is 5.92. The Balaban J connectivity index is 1.49. The molecule has 2 aliphatic heterocycles. The number of hydrogen-bond donors (Lipinski definition) is 0. The first-order valence-electron chi connectivity index (χ1n) is 15.9. The third kappa shape index (κ3) is 4.49. The van der Waals surface area contributed by atoms with Gasteiger partial charge in [0, 0.05) is 45.5 Å². The van der Waals surface area contributed by atoms with Crippen molar-refractivity contribution >= 4 is 0 Å². The molecule has 0 bridgehead atoms. The molecule has 0 unspecified atom stereocenters. The van der Waals surface area contributed by atoms with Crippen LogP contribution in [-0.4, -0.2) is 0 Å². The Bertz CT molecular complexity index is 2180. The summed E-state index contributed by atoms with van der Waals surface area (Å²) in [6, 6.07) is 35.7. The normalized spacial score (nSPS) is 12.8. The van der Waals surface area contributed by atoms with E-state index in [1.165, 1.54) is 61.5 Å². The van der Waals surface area contributed by atoms with E-state index in [1.807, 2.05) is 0 Å². The number of pyridine rings is 2. The quantitative estimate of drug-likeness (QED) is 0.162. The Morgan fingerprint density at radius 3 is 2.09 bits per heavy atom. The van der Waals surface area contributed by atoms with Crippen LogP contribution in [-0.2, 0) is 12.0 Å². The van der Waals surface area contributed by atoms with Crippen LogP contribution in [0.15, 0.2) is 109 Å². The highest BCUT2D eigenvalue weighted by Crippen LogP contribution is 2.49. The summed E-state index contributed by atoms with van der Waals surface area (Å²) >= 11 is 0. The fraction of sp³-hybridized carbons (Fsp3) is 0.190. The molecule has 3 nitrogen and oxygen atoms in total. The van der Waals surface area contributed by atoms with Gasteiger partial charge in [-0.25, -0.2) is 0 Å². The van der Waals surface area contributed by atoms with Crippen LogP contribution < -0.4 is 13.9 Å². The first kappa shape index (κ1) is 27.5. The molecule has 0 atom stereocenters. The lowest BCUT2D eigenvalue weighted by Crippen LogP contribution is -2.38. The molecule has 0 amide bonds. The summed E-state index contributed by atoms with van der Waals surface area (Å²) in [4.78, 5) is 0. The van der Waals surface area contributed by atoms with E-state index in [0.717, 1.165) is 34.9 Å². The van der Waals surface area contributed by atoms with Crippen molar-refractivity contribution in [1.82, 2.24) is 0 Å². The maximum absolute atomic E-state index is 6.89. The summed E-state index contributed by atoms with van der Waals surface area (Å²) in [6.45, 7) is 14.2. The number of aromatic nitrogens is 2. The maximum Gasteiger partial charge on any atom is 0.225 e. The Hall–Kier alpha value is -5.02. The second-order valence-electron chi connectivity index (χ2n) is 13.8. The summed E-state index contributed by atoms with van der Waals surface area (Å²) in [6.07, 6.45) is 4.65. The molecule has 0 spiro atoms. The lowest BCUT2D eigenvalue weighted by molar-refractivity contribution is -0.678. The minimum absolute atomic E-state index is 0.0000795. The van der Waals surface area contributed by atoms with Gasteiger partial charge in [0.25, 0.3) is 0 Å². The topological polar surface area (TPSA) is 17.0 Å². The molecule has 0 N–H and O–H groups in total. The van der Waals surface area contributed by atoms with Crippen molar-refractivity contribution in [3.05, 3.63) is 137 Å². The van der Waals surface area contributed by atoms with Gasteiger partial charge in [0.15, 0.2) is 18.9 Å². The van der Waals surface area contributed by atoms with E-state index < -0.39 is 0 Å². The van der Waals surface area contributed by atoms with E-state index in [9.17, 15) is 0 Å². The molecule has 8 rings (SSSR count). The molecule has 6 aromatic rings. The molecule has 220 valence electrons. The predicted octanol–water partition coefficient (Wildman–Crippen LogP) is 9.61. The van der Waals surface area contributed by atoms with Gasteiger partial charge in [-0.3, -0.25) is 0 Å². The molecule has 4 aromatic carbocycles. The van der Waals surface area contributed by atoms with E-state index in [4.69, 9.17) is 4.74 Å². The monoisotopic (exact) mass is 586 g/mol. The molecule has 0 fully saturated rings. The summed E-state index contributed by atoms with van der Waals surface area (Å²) in [7, 11) is 0. The Labute approximate surface area is 266 Å². The lowest BCUT2D eigenvalue weighted by atomic mass is 9.87. The molecule has 45 heavy (non-hydrogen) atoms. The summed E-state index contributed by atoms with van der Waals surface area (Å²) < 4.78 is 11.8. The minimum Gasteiger partial charge on any atom is -0.456 e. The highest BCUT2D eigenvalue weighted by Gasteiger charge is 2.34. The SMILES string of the molecule is Cc1ccc2c(c1)Oc1cc3c(cc1-c1ccccc1-2)C[n+]1cc(C)cc(C)c1-c1ccccc1-[n+]1cc(C(C)(C)C)ccc1-3. The molecule has 2 aliphatic rings. The molecular formula is C42H38N2O+2. The minimum atomic E-state index is 0.0000795. The summed E-state index contributed by atoms with van der Waals surface area (Å²) in [5, 5.41) is 0. The fourth-order valence-electron chi connectivity index (χ4n) is 7.20. The number of benzene rings is 4. The van der Waals surface area contributed by atoms with E-state index in [0.29, 0.717) is 0 Å². The summed E-state index contributed by atoms with van der Waals surface area (Å²) in [5.74, 6) is 1.78. The molecule has 2 aromatic heterocycles. The standard InChI is InChI=1S/C42H38N2O/c1-26-15-17-33-31-11-7-8-12-32(31)36-21-29-24-43-23-27(2)19-28(3)41(43)34-13-9-10-14-37(34)44-25-30(42(4,5)6)16-18-38(44)35(29)22-40(36)45-39(33)20-26/h7-23,25H,24H2,1-6H3/q+2. The van der Waals surface area contributed by atoms with Gasteiger partial charge in [0.1, 0.15) is 17.1 Å². The Kier molecular flexibility index (Phi) is 6.12. The van der Waals surface area contributed by atoms with Crippen molar-refractivity contribution in [2.24, 2.45) is 0 Å². The number of ether oxygens (including phenoxy) is 1. The number of fused-ring (bicyclic) bond motifs is 12. The van der Waals surface area contributed by atoms with E-state index in [2.05, 4.69) is 160 Å².